The maximum Gasteiger partial charge on any atom is 0.256 e. The molecule has 0 aliphatic carbocycles. The van der Waals surface area contributed by atoms with Crippen LogP contribution in [0.3, 0.4) is 0 Å². The lowest BCUT2D eigenvalue weighted by Gasteiger charge is -2.47. The Morgan fingerprint density at radius 2 is 1.86 bits per heavy atom. The Bertz CT molecular complexity index is 1220. The summed E-state index contributed by atoms with van der Waals surface area (Å²) in [6, 6.07) is 8.64. The highest BCUT2D eigenvalue weighted by Gasteiger charge is 2.42. The molecule has 0 saturated carbocycles. The van der Waals surface area contributed by atoms with E-state index in [9.17, 15) is 4.79 Å². The van der Waals surface area contributed by atoms with E-state index in [1.807, 2.05) is 26.0 Å². The maximum absolute atomic E-state index is 15.3. The average molecular weight is 476 g/mol. The van der Waals surface area contributed by atoms with Crippen molar-refractivity contribution < 1.29 is 13.9 Å². The lowest BCUT2D eigenvalue weighted by atomic mass is 9.77. The Morgan fingerprint density at radius 1 is 1.09 bits per heavy atom. The van der Waals surface area contributed by atoms with Gasteiger partial charge in [0.25, 0.3) is 5.91 Å². The van der Waals surface area contributed by atoms with Crippen LogP contribution in [0.1, 0.15) is 42.7 Å². The first-order valence-corrected chi connectivity index (χ1v) is 12.2. The van der Waals surface area contributed by atoms with Gasteiger partial charge in [0.15, 0.2) is 0 Å². The van der Waals surface area contributed by atoms with E-state index in [4.69, 9.17) is 4.74 Å². The second-order valence-corrected chi connectivity index (χ2v) is 9.34. The van der Waals surface area contributed by atoms with Crippen molar-refractivity contribution in [2.75, 3.05) is 38.2 Å². The number of amides is 1. The molecule has 7 nitrogen and oxygen atoms in total. The predicted octanol–water partition coefficient (Wildman–Crippen LogP) is 4.59. The number of pyridine rings is 1. The van der Waals surface area contributed by atoms with Gasteiger partial charge in [-0.25, -0.2) is 19.3 Å². The van der Waals surface area contributed by atoms with Crippen LogP contribution >= 0.6 is 0 Å². The van der Waals surface area contributed by atoms with Gasteiger partial charge in [0.2, 0.25) is 0 Å². The molecule has 0 bridgehead atoms. The van der Waals surface area contributed by atoms with Crippen LogP contribution in [0, 0.1) is 11.2 Å². The van der Waals surface area contributed by atoms with Gasteiger partial charge < -0.3 is 15.0 Å². The molecule has 1 aromatic carbocycles. The number of benzene rings is 1. The largest absolute Gasteiger partial charge is 0.380 e. The smallest absolute Gasteiger partial charge is 0.256 e. The number of nitrogens with one attached hydrogen (secondary N) is 1. The molecular formula is C27H30FN5O2. The van der Waals surface area contributed by atoms with Crippen LogP contribution in [0.25, 0.3) is 22.4 Å². The molecular weight excluding hydrogens is 445 g/mol. The van der Waals surface area contributed by atoms with Crippen molar-refractivity contribution in [3.8, 4) is 22.4 Å². The molecule has 1 amide bonds. The zero-order chi connectivity index (χ0) is 24.4. The second kappa shape index (κ2) is 9.70. The lowest BCUT2D eigenvalue weighted by Crippen LogP contribution is -2.52. The van der Waals surface area contributed by atoms with Crippen molar-refractivity contribution in [3.63, 3.8) is 0 Å². The van der Waals surface area contributed by atoms with E-state index in [0.717, 1.165) is 55.2 Å². The third-order valence-electron chi connectivity index (χ3n) is 7.07. The number of anilines is 1. The van der Waals surface area contributed by atoms with Crippen molar-refractivity contribution in [3.05, 3.63) is 59.9 Å². The minimum Gasteiger partial charge on any atom is -0.380 e. The summed E-state index contributed by atoms with van der Waals surface area (Å²) in [6.07, 6.45) is 5.79. The van der Waals surface area contributed by atoms with E-state index in [0.29, 0.717) is 30.8 Å². The minimum absolute atomic E-state index is 0.0949. The van der Waals surface area contributed by atoms with Gasteiger partial charge in [0, 0.05) is 47.9 Å². The van der Waals surface area contributed by atoms with Gasteiger partial charge in [-0.05, 0) is 50.5 Å². The van der Waals surface area contributed by atoms with Crippen molar-refractivity contribution in [1.29, 1.82) is 0 Å². The SMILES string of the molecule is CCNc1ccc(-c2c(CC)ncnc2-c2ccc(C(=O)N3CCC4(CC3)COC4)c(F)c2)cn1. The first kappa shape index (κ1) is 23.4. The standard InChI is InChI=1S/C27H30FN5O2/c1-3-22-24(19-6-8-23(29-4-2)30-14-19)25(32-17-31-22)18-5-7-20(21(28)13-18)26(34)33-11-9-27(10-12-33)15-35-16-27/h5-8,13-14,17H,3-4,9-12,15-16H2,1-2H3,(H,29,30). The van der Waals surface area contributed by atoms with Crippen LogP contribution in [0.2, 0.25) is 0 Å². The molecule has 3 aromatic rings. The summed E-state index contributed by atoms with van der Waals surface area (Å²) in [5, 5.41) is 3.19. The molecule has 1 N–H and O–H groups in total. The van der Waals surface area contributed by atoms with E-state index in [-0.39, 0.29) is 16.9 Å². The van der Waals surface area contributed by atoms with Crippen LogP contribution in [0.4, 0.5) is 10.2 Å². The van der Waals surface area contributed by atoms with Crippen molar-refractivity contribution in [2.24, 2.45) is 5.41 Å². The summed E-state index contributed by atoms with van der Waals surface area (Å²) in [7, 11) is 0. The first-order chi connectivity index (χ1) is 17.0. The van der Waals surface area contributed by atoms with Gasteiger partial charge in [0.05, 0.1) is 30.2 Å². The van der Waals surface area contributed by atoms with E-state index in [1.54, 1.807) is 23.2 Å². The Hall–Kier alpha value is -3.39. The Morgan fingerprint density at radius 3 is 2.46 bits per heavy atom. The Kier molecular flexibility index (Phi) is 6.47. The quantitative estimate of drug-likeness (QED) is 0.562. The number of nitrogens with zero attached hydrogens (tertiary/aromatic N) is 4. The summed E-state index contributed by atoms with van der Waals surface area (Å²) in [5.74, 6) is -0.0115. The van der Waals surface area contributed by atoms with E-state index in [1.165, 1.54) is 12.4 Å². The maximum atomic E-state index is 15.3. The van der Waals surface area contributed by atoms with Gasteiger partial charge in [-0.2, -0.15) is 0 Å². The minimum atomic E-state index is -0.539. The zero-order valence-electron chi connectivity index (χ0n) is 20.2. The molecule has 0 radical (unpaired) electrons. The highest BCUT2D eigenvalue weighted by molar-refractivity contribution is 5.95. The first-order valence-electron chi connectivity index (χ1n) is 12.2. The molecule has 2 aromatic heterocycles. The van der Waals surface area contributed by atoms with Crippen molar-refractivity contribution in [1.82, 2.24) is 19.9 Å². The number of ether oxygens (including phenoxy) is 1. The molecule has 2 aliphatic rings. The molecule has 0 atom stereocenters. The number of piperidine rings is 1. The summed E-state index contributed by atoms with van der Waals surface area (Å²) < 4.78 is 20.7. The lowest BCUT2D eigenvalue weighted by molar-refractivity contribution is -0.136. The van der Waals surface area contributed by atoms with Gasteiger partial charge in [-0.3, -0.25) is 4.79 Å². The summed E-state index contributed by atoms with van der Waals surface area (Å²) >= 11 is 0. The van der Waals surface area contributed by atoms with E-state index in [2.05, 4.69) is 20.3 Å². The van der Waals surface area contributed by atoms with Gasteiger partial charge in [-0.15, -0.1) is 0 Å². The summed E-state index contributed by atoms with van der Waals surface area (Å²) in [6.45, 7) is 7.63. The second-order valence-electron chi connectivity index (χ2n) is 9.34. The van der Waals surface area contributed by atoms with Crippen molar-refractivity contribution in [2.45, 2.75) is 33.1 Å². The molecule has 2 aliphatic heterocycles. The molecule has 2 saturated heterocycles. The number of aryl methyl sites for hydroxylation is 1. The average Bonchev–Trinajstić information content (AvgIpc) is 2.87. The van der Waals surface area contributed by atoms with Gasteiger partial charge in [-0.1, -0.05) is 13.0 Å². The van der Waals surface area contributed by atoms with Gasteiger partial charge in [0.1, 0.15) is 18.0 Å². The van der Waals surface area contributed by atoms with Crippen LogP contribution < -0.4 is 5.32 Å². The number of aromatic nitrogens is 3. The number of likely N-dealkylation sites (tertiary alicyclic amines) is 1. The number of hydrogen-bond acceptors (Lipinski definition) is 6. The molecule has 5 rings (SSSR count). The van der Waals surface area contributed by atoms with Crippen molar-refractivity contribution >= 4 is 11.7 Å². The predicted molar refractivity (Wildman–Crippen MR) is 133 cm³/mol. The number of hydrogen-bond donors (Lipinski definition) is 1. The molecule has 4 heterocycles. The molecule has 2 fully saturated rings. The summed E-state index contributed by atoms with van der Waals surface area (Å²) in [5.41, 5.74) is 4.09. The zero-order valence-corrected chi connectivity index (χ0v) is 20.2. The van der Waals surface area contributed by atoms with E-state index >= 15 is 4.39 Å². The third-order valence-corrected chi connectivity index (χ3v) is 7.07. The number of halogens is 1. The molecule has 182 valence electrons. The highest BCUT2D eigenvalue weighted by atomic mass is 19.1. The van der Waals surface area contributed by atoms with E-state index < -0.39 is 5.82 Å². The van der Waals surface area contributed by atoms with Crippen LogP contribution in [-0.2, 0) is 11.2 Å². The fraction of sp³-hybridized carbons (Fsp3) is 0.407. The van der Waals surface area contributed by atoms with Crippen LogP contribution in [0.5, 0.6) is 0 Å². The molecule has 0 unspecified atom stereocenters. The normalized spacial score (nSPS) is 16.7. The number of carbonyl (C=O) groups is 1. The van der Waals surface area contributed by atoms with Crippen LogP contribution in [-0.4, -0.2) is 58.6 Å². The Balaban J connectivity index is 1.43. The fourth-order valence-corrected chi connectivity index (χ4v) is 4.91. The molecule has 8 heteroatoms. The number of carbonyl (C=O) groups excluding carboxylic acids is 1. The topological polar surface area (TPSA) is 80.2 Å². The molecule has 35 heavy (non-hydrogen) atoms. The van der Waals surface area contributed by atoms with Gasteiger partial charge >= 0.3 is 0 Å². The summed E-state index contributed by atoms with van der Waals surface area (Å²) in [4.78, 5) is 28.3. The molecule has 1 spiro atoms. The fourth-order valence-electron chi connectivity index (χ4n) is 4.91. The highest BCUT2D eigenvalue weighted by Crippen LogP contribution is 2.39. The third kappa shape index (κ3) is 4.50. The number of rotatable bonds is 6. The van der Waals surface area contributed by atoms with Crippen LogP contribution in [0.15, 0.2) is 42.9 Å². The Labute approximate surface area is 204 Å². The monoisotopic (exact) mass is 475 g/mol.